The zero-order valence-electron chi connectivity index (χ0n) is 9.16. The van der Waals surface area contributed by atoms with Gasteiger partial charge in [0.25, 0.3) is 0 Å². The van der Waals surface area contributed by atoms with E-state index in [0.717, 1.165) is 23.6 Å². The van der Waals surface area contributed by atoms with Gasteiger partial charge in [0, 0.05) is 6.20 Å². The van der Waals surface area contributed by atoms with Crippen molar-refractivity contribution >= 4 is 5.82 Å². The Morgan fingerprint density at radius 2 is 1.65 bits per heavy atom. The molecule has 2 aromatic rings. The lowest BCUT2D eigenvalue weighted by atomic mass is 10.1. The largest absolute Gasteiger partial charge is 0.384 e. The van der Waals surface area contributed by atoms with Crippen LogP contribution in [0.15, 0.2) is 36.5 Å². The lowest BCUT2D eigenvalue weighted by Crippen LogP contribution is -1.96. The summed E-state index contributed by atoms with van der Waals surface area (Å²) in [5.41, 5.74) is 7.34. The highest BCUT2D eigenvalue weighted by atomic mass is 19.2. The molecule has 0 fully saturated rings. The summed E-state index contributed by atoms with van der Waals surface area (Å²) >= 11 is 0. The molecule has 1 heterocycles. The van der Waals surface area contributed by atoms with Crippen molar-refractivity contribution in [3.63, 3.8) is 0 Å². The quantitative estimate of drug-likeness (QED) is 0.886. The normalized spacial score (nSPS) is 10.5. The summed E-state index contributed by atoms with van der Waals surface area (Å²) in [4.78, 5) is 3.89. The summed E-state index contributed by atoms with van der Waals surface area (Å²) in [6, 6.07) is 7.59. The minimum atomic E-state index is -0.818. The first kappa shape index (κ1) is 11.5. The average Bonchev–Trinajstić information content (AvgIpc) is 2.31. The van der Waals surface area contributed by atoms with Crippen LogP contribution in [0.4, 0.5) is 14.6 Å². The van der Waals surface area contributed by atoms with E-state index < -0.39 is 11.6 Å². The molecule has 0 spiro atoms. The standard InChI is InChI=1S/C13H12F2N2/c14-11-4-3-9(7-12(11)15)1-2-10-5-6-17-13(16)8-10/h3-8H,1-2H2,(H2,16,17). The number of aromatic nitrogens is 1. The van der Waals surface area contributed by atoms with Crippen LogP contribution in [0.1, 0.15) is 11.1 Å². The predicted octanol–water partition coefficient (Wildman–Crippen LogP) is 2.73. The van der Waals surface area contributed by atoms with Crippen LogP contribution in [0.25, 0.3) is 0 Å². The van der Waals surface area contributed by atoms with Crippen molar-refractivity contribution in [1.29, 1.82) is 0 Å². The predicted molar refractivity (Wildman–Crippen MR) is 62.4 cm³/mol. The van der Waals surface area contributed by atoms with Crippen LogP contribution in [-0.2, 0) is 12.8 Å². The number of aryl methyl sites for hydroxylation is 2. The van der Waals surface area contributed by atoms with Crippen LogP contribution in [0.3, 0.4) is 0 Å². The van der Waals surface area contributed by atoms with E-state index in [0.29, 0.717) is 12.2 Å². The molecule has 4 heteroatoms. The SMILES string of the molecule is Nc1cc(CCc2ccc(F)c(F)c2)ccn1. The Labute approximate surface area is 98.1 Å². The Morgan fingerprint density at radius 3 is 2.29 bits per heavy atom. The van der Waals surface area contributed by atoms with Gasteiger partial charge in [0.1, 0.15) is 5.82 Å². The lowest BCUT2D eigenvalue weighted by molar-refractivity contribution is 0.507. The fraction of sp³-hybridized carbons (Fsp3) is 0.154. The van der Waals surface area contributed by atoms with E-state index in [1.807, 2.05) is 6.07 Å². The van der Waals surface area contributed by atoms with Crippen LogP contribution in [0.2, 0.25) is 0 Å². The van der Waals surface area contributed by atoms with Crippen molar-refractivity contribution in [2.24, 2.45) is 0 Å². The molecule has 0 unspecified atom stereocenters. The molecule has 0 saturated carbocycles. The molecule has 0 aliphatic carbocycles. The van der Waals surface area contributed by atoms with E-state index in [4.69, 9.17) is 5.73 Å². The third kappa shape index (κ3) is 3.00. The molecule has 2 nitrogen and oxygen atoms in total. The van der Waals surface area contributed by atoms with Gasteiger partial charge in [-0.2, -0.15) is 0 Å². The van der Waals surface area contributed by atoms with Crippen LogP contribution >= 0.6 is 0 Å². The first-order chi connectivity index (χ1) is 8.15. The zero-order chi connectivity index (χ0) is 12.3. The molecule has 2 rings (SSSR count). The van der Waals surface area contributed by atoms with Gasteiger partial charge in [-0.1, -0.05) is 6.07 Å². The van der Waals surface area contributed by atoms with Crippen molar-refractivity contribution in [3.8, 4) is 0 Å². The van der Waals surface area contributed by atoms with Crippen LogP contribution in [-0.4, -0.2) is 4.98 Å². The van der Waals surface area contributed by atoms with Crippen LogP contribution in [0.5, 0.6) is 0 Å². The van der Waals surface area contributed by atoms with Gasteiger partial charge in [0.05, 0.1) is 0 Å². The molecule has 1 aromatic heterocycles. The molecule has 0 radical (unpaired) electrons. The number of hydrogen-bond acceptors (Lipinski definition) is 2. The number of benzene rings is 1. The number of hydrogen-bond donors (Lipinski definition) is 1. The van der Waals surface area contributed by atoms with Crippen LogP contribution in [0, 0.1) is 11.6 Å². The second kappa shape index (κ2) is 4.91. The summed E-state index contributed by atoms with van der Waals surface area (Å²) < 4.78 is 25.7. The molecule has 1 aromatic carbocycles. The molecule has 0 aliphatic heterocycles. The van der Waals surface area contributed by atoms with Crippen molar-refractivity contribution in [2.45, 2.75) is 12.8 Å². The molecule has 0 saturated heterocycles. The Kier molecular flexibility index (Phi) is 3.32. The van der Waals surface area contributed by atoms with Gasteiger partial charge in [0.2, 0.25) is 0 Å². The van der Waals surface area contributed by atoms with Gasteiger partial charge in [-0.25, -0.2) is 13.8 Å². The molecular weight excluding hydrogens is 222 g/mol. The van der Waals surface area contributed by atoms with E-state index in [1.165, 1.54) is 6.07 Å². The maximum Gasteiger partial charge on any atom is 0.159 e. The van der Waals surface area contributed by atoms with E-state index >= 15 is 0 Å². The number of anilines is 1. The van der Waals surface area contributed by atoms with E-state index in [2.05, 4.69) is 4.98 Å². The summed E-state index contributed by atoms with van der Waals surface area (Å²) in [5, 5.41) is 0. The third-order valence-electron chi connectivity index (χ3n) is 2.53. The number of nitrogen functional groups attached to an aromatic ring is 1. The number of pyridine rings is 1. The number of nitrogens with zero attached hydrogens (tertiary/aromatic N) is 1. The van der Waals surface area contributed by atoms with Crippen molar-refractivity contribution in [1.82, 2.24) is 4.98 Å². The zero-order valence-corrected chi connectivity index (χ0v) is 9.16. The highest BCUT2D eigenvalue weighted by molar-refractivity contribution is 5.32. The highest BCUT2D eigenvalue weighted by Crippen LogP contribution is 2.12. The monoisotopic (exact) mass is 234 g/mol. The molecule has 2 N–H and O–H groups in total. The van der Waals surface area contributed by atoms with Crippen molar-refractivity contribution < 1.29 is 8.78 Å². The molecule has 0 aliphatic rings. The Hall–Kier alpha value is -1.97. The molecular formula is C13H12F2N2. The first-order valence-corrected chi connectivity index (χ1v) is 5.29. The Morgan fingerprint density at radius 1 is 0.941 bits per heavy atom. The number of halogens is 2. The van der Waals surface area contributed by atoms with Crippen LogP contribution < -0.4 is 5.73 Å². The number of rotatable bonds is 3. The summed E-state index contributed by atoms with van der Waals surface area (Å²) in [6.07, 6.45) is 2.99. The topological polar surface area (TPSA) is 38.9 Å². The smallest absolute Gasteiger partial charge is 0.159 e. The molecule has 0 atom stereocenters. The summed E-state index contributed by atoms with van der Waals surface area (Å²) in [7, 11) is 0. The fourth-order valence-corrected chi connectivity index (χ4v) is 1.63. The third-order valence-corrected chi connectivity index (χ3v) is 2.53. The maximum atomic E-state index is 13.0. The Bertz CT molecular complexity index is 527. The molecule has 88 valence electrons. The fourth-order valence-electron chi connectivity index (χ4n) is 1.63. The van der Waals surface area contributed by atoms with E-state index in [-0.39, 0.29) is 0 Å². The lowest BCUT2D eigenvalue weighted by Gasteiger charge is -2.03. The first-order valence-electron chi connectivity index (χ1n) is 5.29. The minimum Gasteiger partial charge on any atom is -0.384 e. The minimum absolute atomic E-state index is 0.466. The molecule has 0 amide bonds. The van der Waals surface area contributed by atoms with Gasteiger partial charge in [-0.3, -0.25) is 0 Å². The second-order valence-electron chi connectivity index (χ2n) is 3.84. The molecule has 0 bridgehead atoms. The van der Waals surface area contributed by atoms with Crippen molar-refractivity contribution in [3.05, 3.63) is 59.3 Å². The van der Waals surface area contributed by atoms with Gasteiger partial charge < -0.3 is 5.73 Å². The second-order valence-corrected chi connectivity index (χ2v) is 3.84. The van der Waals surface area contributed by atoms with E-state index in [9.17, 15) is 8.78 Å². The highest BCUT2D eigenvalue weighted by Gasteiger charge is 2.03. The van der Waals surface area contributed by atoms with E-state index in [1.54, 1.807) is 18.3 Å². The maximum absolute atomic E-state index is 13.0. The molecule has 17 heavy (non-hydrogen) atoms. The average molecular weight is 234 g/mol. The van der Waals surface area contributed by atoms with Gasteiger partial charge in [-0.05, 0) is 48.2 Å². The van der Waals surface area contributed by atoms with Gasteiger partial charge in [0.15, 0.2) is 11.6 Å². The summed E-state index contributed by atoms with van der Waals surface area (Å²) in [5.74, 6) is -1.16. The van der Waals surface area contributed by atoms with Gasteiger partial charge >= 0.3 is 0 Å². The van der Waals surface area contributed by atoms with Crippen molar-refractivity contribution in [2.75, 3.05) is 5.73 Å². The summed E-state index contributed by atoms with van der Waals surface area (Å²) in [6.45, 7) is 0. The number of nitrogens with two attached hydrogens (primary N) is 1. The van der Waals surface area contributed by atoms with Gasteiger partial charge in [-0.15, -0.1) is 0 Å². The Balaban J connectivity index is 2.05.